The predicted molar refractivity (Wildman–Crippen MR) is 70.0 cm³/mol. The van der Waals surface area contributed by atoms with Crippen molar-refractivity contribution < 1.29 is 33.0 Å². The number of carboxylic acids is 1. The van der Waals surface area contributed by atoms with E-state index in [1.165, 1.54) is 0 Å². The fourth-order valence-electron chi connectivity index (χ4n) is 2.41. The Morgan fingerprint density at radius 1 is 1.29 bits per heavy atom. The average molecular weight is 308 g/mol. The van der Waals surface area contributed by atoms with Gasteiger partial charge in [-0.3, -0.25) is 4.79 Å². The van der Waals surface area contributed by atoms with Crippen molar-refractivity contribution in [2.45, 2.75) is 39.5 Å². The van der Waals surface area contributed by atoms with Crippen LogP contribution in [0.2, 0.25) is 0 Å². The van der Waals surface area contributed by atoms with Gasteiger partial charge in [0.15, 0.2) is 0 Å². The van der Waals surface area contributed by atoms with Gasteiger partial charge in [-0.15, -0.1) is 0 Å². The highest BCUT2D eigenvalue weighted by Crippen LogP contribution is 2.39. The molecule has 1 unspecified atom stereocenters. The maximum absolute atomic E-state index is 13.3. The quantitative estimate of drug-likeness (QED) is 0.762. The predicted octanol–water partition coefficient (Wildman–Crippen LogP) is 2.34. The number of hydrogen-bond acceptors (Lipinski definition) is 4. The first-order valence-corrected chi connectivity index (χ1v) is 7.00. The number of esters is 1. The van der Waals surface area contributed by atoms with Crippen molar-refractivity contribution in [3.05, 3.63) is 0 Å². The number of carbonyl (C=O) groups is 2. The Balaban J connectivity index is 2.69. The summed E-state index contributed by atoms with van der Waals surface area (Å²) in [6, 6.07) is 0. The van der Waals surface area contributed by atoms with E-state index in [0.29, 0.717) is 26.1 Å². The fourth-order valence-corrected chi connectivity index (χ4v) is 2.41. The molecule has 0 aromatic carbocycles. The molecule has 21 heavy (non-hydrogen) atoms. The van der Waals surface area contributed by atoms with E-state index in [0.717, 1.165) is 6.92 Å². The molecular formula is C14H22F2O5. The first-order chi connectivity index (χ1) is 9.64. The molecule has 7 heteroatoms. The van der Waals surface area contributed by atoms with Gasteiger partial charge in [0.2, 0.25) is 0 Å². The van der Waals surface area contributed by atoms with Crippen molar-refractivity contribution in [3.8, 4) is 0 Å². The summed E-state index contributed by atoms with van der Waals surface area (Å²) in [5.41, 5.74) is -0.740. The second-order valence-electron chi connectivity index (χ2n) is 5.85. The van der Waals surface area contributed by atoms with Crippen molar-refractivity contribution >= 4 is 11.9 Å². The SMILES string of the molecule is CC(COC(=O)C1(C(C)C)CCOCC1)C(F)(F)C(=O)O. The summed E-state index contributed by atoms with van der Waals surface area (Å²) in [5, 5.41) is 8.46. The summed E-state index contributed by atoms with van der Waals surface area (Å²) < 4.78 is 36.8. The van der Waals surface area contributed by atoms with Crippen LogP contribution in [0.25, 0.3) is 0 Å². The minimum atomic E-state index is -3.92. The molecule has 1 fully saturated rings. The largest absolute Gasteiger partial charge is 0.477 e. The van der Waals surface area contributed by atoms with Gasteiger partial charge in [0.25, 0.3) is 0 Å². The smallest absolute Gasteiger partial charge is 0.374 e. The van der Waals surface area contributed by atoms with Gasteiger partial charge in [0, 0.05) is 13.2 Å². The zero-order valence-electron chi connectivity index (χ0n) is 12.5. The third-order valence-electron chi connectivity index (χ3n) is 4.27. The van der Waals surface area contributed by atoms with E-state index >= 15 is 0 Å². The topological polar surface area (TPSA) is 72.8 Å². The van der Waals surface area contributed by atoms with Gasteiger partial charge < -0.3 is 14.6 Å². The number of carboxylic acid groups (broad SMARTS) is 1. The molecule has 1 aliphatic heterocycles. The molecule has 1 saturated heterocycles. The Hall–Kier alpha value is -1.24. The van der Waals surface area contributed by atoms with Crippen LogP contribution < -0.4 is 0 Å². The fraction of sp³-hybridized carbons (Fsp3) is 0.857. The Labute approximate surface area is 122 Å². The molecule has 1 aliphatic rings. The summed E-state index contributed by atoms with van der Waals surface area (Å²) in [6.45, 7) is 5.03. The van der Waals surface area contributed by atoms with Gasteiger partial charge in [-0.25, -0.2) is 4.79 Å². The van der Waals surface area contributed by atoms with Crippen LogP contribution in [0.1, 0.15) is 33.6 Å². The first-order valence-electron chi connectivity index (χ1n) is 7.00. The van der Waals surface area contributed by atoms with Crippen molar-refractivity contribution in [1.29, 1.82) is 0 Å². The Morgan fingerprint density at radius 3 is 2.24 bits per heavy atom. The lowest BCUT2D eigenvalue weighted by atomic mass is 9.71. The average Bonchev–Trinajstić information content (AvgIpc) is 2.44. The van der Waals surface area contributed by atoms with E-state index in [4.69, 9.17) is 14.6 Å². The molecule has 0 aromatic heterocycles. The summed E-state index contributed by atoms with van der Waals surface area (Å²) >= 11 is 0. The van der Waals surface area contributed by atoms with Crippen molar-refractivity contribution in [1.82, 2.24) is 0 Å². The number of hydrogen-bond donors (Lipinski definition) is 1. The maximum atomic E-state index is 13.3. The van der Waals surface area contributed by atoms with Crippen LogP contribution in [0.15, 0.2) is 0 Å². The number of halogens is 2. The van der Waals surface area contributed by atoms with Crippen LogP contribution in [0, 0.1) is 17.3 Å². The molecule has 1 atom stereocenters. The molecule has 0 aliphatic carbocycles. The van der Waals surface area contributed by atoms with Crippen LogP contribution >= 0.6 is 0 Å². The lowest BCUT2D eigenvalue weighted by Crippen LogP contribution is -2.44. The third-order valence-corrected chi connectivity index (χ3v) is 4.27. The number of aliphatic carboxylic acids is 1. The molecule has 5 nitrogen and oxygen atoms in total. The van der Waals surface area contributed by atoms with Gasteiger partial charge in [0.05, 0.1) is 11.3 Å². The second-order valence-corrected chi connectivity index (χ2v) is 5.85. The minimum absolute atomic E-state index is 0.0100. The van der Waals surface area contributed by atoms with E-state index in [1.54, 1.807) is 0 Å². The van der Waals surface area contributed by atoms with Crippen LogP contribution in [-0.4, -0.2) is 42.8 Å². The summed E-state index contributed by atoms with van der Waals surface area (Å²) in [7, 11) is 0. The molecule has 122 valence electrons. The van der Waals surface area contributed by atoms with Crippen molar-refractivity contribution in [2.75, 3.05) is 19.8 Å². The molecular weight excluding hydrogens is 286 g/mol. The number of rotatable bonds is 6. The van der Waals surface area contributed by atoms with Gasteiger partial charge >= 0.3 is 17.9 Å². The highest BCUT2D eigenvalue weighted by molar-refractivity contribution is 5.78. The molecule has 0 amide bonds. The minimum Gasteiger partial charge on any atom is -0.477 e. The van der Waals surface area contributed by atoms with Gasteiger partial charge in [-0.1, -0.05) is 20.8 Å². The number of alkyl halides is 2. The zero-order valence-corrected chi connectivity index (χ0v) is 12.5. The third kappa shape index (κ3) is 3.70. The summed E-state index contributed by atoms with van der Waals surface area (Å²) in [6.07, 6.45) is 0.959. The van der Waals surface area contributed by atoms with Gasteiger partial charge in [-0.2, -0.15) is 8.78 Å². The normalized spacial score (nSPS) is 20.1. The summed E-state index contributed by atoms with van der Waals surface area (Å²) in [4.78, 5) is 22.8. The van der Waals surface area contributed by atoms with Crippen LogP contribution in [0.5, 0.6) is 0 Å². The Morgan fingerprint density at radius 2 is 1.81 bits per heavy atom. The molecule has 0 saturated carbocycles. The second kappa shape index (κ2) is 6.68. The molecule has 1 heterocycles. The lowest BCUT2D eigenvalue weighted by Gasteiger charge is -2.38. The molecule has 0 spiro atoms. The highest BCUT2D eigenvalue weighted by Gasteiger charge is 2.48. The van der Waals surface area contributed by atoms with E-state index in [2.05, 4.69) is 0 Å². The van der Waals surface area contributed by atoms with Crippen LogP contribution in [-0.2, 0) is 19.1 Å². The van der Waals surface area contributed by atoms with E-state index in [9.17, 15) is 18.4 Å². The van der Waals surface area contributed by atoms with Crippen molar-refractivity contribution in [3.63, 3.8) is 0 Å². The Bertz CT molecular complexity index is 389. The first kappa shape index (κ1) is 17.8. The standard InChI is InChI=1S/C14H22F2O5/c1-9(2)13(4-6-20-7-5-13)12(19)21-8-10(3)14(15,16)11(17)18/h9-10H,4-8H2,1-3H3,(H,17,18). The maximum Gasteiger partial charge on any atom is 0.374 e. The molecule has 1 N–H and O–H groups in total. The van der Waals surface area contributed by atoms with E-state index < -0.39 is 35.8 Å². The molecule has 0 bridgehead atoms. The van der Waals surface area contributed by atoms with E-state index in [-0.39, 0.29) is 5.92 Å². The van der Waals surface area contributed by atoms with E-state index in [1.807, 2.05) is 13.8 Å². The van der Waals surface area contributed by atoms with Crippen LogP contribution in [0.4, 0.5) is 8.78 Å². The molecule has 0 aromatic rings. The number of carbonyl (C=O) groups excluding carboxylic acids is 1. The zero-order chi connectivity index (χ0) is 16.3. The Kier molecular flexibility index (Phi) is 5.67. The summed E-state index contributed by atoms with van der Waals surface area (Å²) in [5.74, 6) is -8.27. The molecule has 0 radical (unpaired) electrons. The number of ether oxygens (including phenoxy) is 2. The monoisotopic (exact) mass is 308 g/mol. The highest BCUT2D eigenvalue weighted by atomic mass is 19.3. The van der Waals surface area contributed by atoms with Gasteiger partial charge in [-0.05, 0) is 18.8 Å². The van der Waals surface area contributed by atoms with Gasteiger partial charge in [0.1, 0.15) is 6.61 Å². The van der Waals surface area contributed by atoms with Crippen molar-refractivity contribution in [2.24, 2.45) is 17.3 Å². The van der Waals surface area contributed by atoms with Crippen LogP contribution in [0.3, 0.4) is 0 Å². The lowest BCUT2D eigenvalue weighted by molar-refractivity contribution is -0.183. The molecule has 1 rings (SSSR count).